The first kappa shape index (κ1) is 6.46. The van der Waals surface area contributed by atoms with Gasteiger partial charge in [0.2, 0.25) is 0 Å². The number of fused-ring (bicyclic) bond motifs is 1. The van der Waals surface area contributed by atoms with Crippen LogP contribution >= 0.6 is 0 Å². The maximum absolute atomic E-state index is 12.8. The van der Waals surface area contributed by atoms with E-state index in [4.69, 9.17) is 5.73 Å². The smallest absolute Gasteiger partial charge is 0.146 e. The van der Waals surface area contributed by atoms with Gasteiger partial charge in [-0.3, -0.25) is 0 Å². The van der Waals surface area contributed by atoms with Crippen molar-refractivity contribution in [2.75, 3.05) is 17.6 Å². The molecule has 3 heteroatoms. The fourth-order valence-electron chi connectivity index (χ4n) is 1.39. The SMILES string of the molecule is Nc1c(F)ccc2c1CCN2. The summed E-state index contributed by atoms with van der Waals surface area (Å²) in [5.74, 6) is -0.313. The van der Waals surface area contributed by atoms with Crippen molar-refractivity contribution in [1.82, 2.24) is 0 Å². The van der Waals surface area contributed by atoms with Gasteiger partial charge in [0.25, 0.3) is 0 Å². The van der Waals surface area contributed by atoms with E-state index in [0.717, 1.165) is 24.2 Å². The molecular weight excluding hydrogens is 143 g/mol. The van der Waals surface area contributed by atoms with Crippen LogP contribution in [0.15, 0.2) is 12.1 Å². The van der Waals surface area contributed by atoms with Crippen LogP contribution in [0.3, 0.4) is 0 Å². The van der Waals surface area contributed by atoms with Gasteiger partial charge in [-0.2, -0.15) is 0 Å². The summed E-state index contributed by atoms with van der Waals surface area (Å²) in [7, 11) is 0. The molecule has 1 aliphatic heterocycles. The molecule has 0 fully saturated rings. The van der Waals surface area contributed by atoms with Gasteiger partial charge in [0, 0.05) is 17.8 Å². The van der Waals surface area contributed by atoms with Crippen molar-refractivity contribution < 1.29 is 4.39 Å². The standard InChI is InChI=1S/C8H9FN2/c9-6-1-2-7-5(8(6)10)3-4-11-7/h1-2,11H,3-4,10H2. The molecule has 0 unspecified atom stereocenters. The predicted octanol–water partition coefficient (Wildman–Crippen LogP) is 1.38. The van der Waals surface area contributed by atoms with Crippen molar-refractivity contribution in [3.63, 3.8) is 0 Å². The molecule has 1 aromatic rings. The first-order valence-corrected chi connectivity index (χ1v) is 3.60. The van der Waals surface area contributed by atoms with E-state index < -0.39 is 0 Å². The Bertz CT molecular complexity index is 296. The lowest BCUT2D eigenvalue weighted by Crippen LogP contribution is -1.95. The molecule has 3 N–H and O–H groups in total. The zero-order chi connectivity index (χ0) is 7.84. The minimum absolute atomic E-state index is 0.299. The normalized spacial score (nSPS) is 14.3. The zero-order valence-corrected chi connectivity index (χ0v) is 6.02. The number of nitrogen functional groups attached to an aromatic ring is 1. The fraction of sp³-hybridized carbons (Fsp3) is 0.250. The summed E-state index contributed by atoms with van der Waals surface area (Å²) < 4.78 is 12.8. The van der Waals surface area contributed by atoms with E-state index in [0.29, 0.717) is 5.69 Å². The van der Waals surface area contributed by atoms with E-state index in [9.17, 15) is 4.39 Å². The lowest BCUT2D eigenvalue weighted by molar-refractivity contribution is 0.631. The average Bonchev–Trinajstić information content (AvgIpc) is 2.45. The third kappa shape index (κ3) is 0.843. The molecule has 0 bridgehead atoms. The first-order chi connectivity index (χ1) is 5.29. The summed E-state index contributed by atoms with van der Waals surface area (Å²) >= 11 is 0. The Balaban J connectivity index is 2.62. The number of hydrogen-bond acceptors (Lipinski definition) is 2. The molecule has 1 aliphatic rings. The second-order valence-electron chi connectivity index (χ2n) is 2.66. The van der Waals surface area contributed by atoms with E-state index in [1.54, 1.807) is 6.07 Å². The summed E-state index contributed by atoms with van der Waals surface area (Å²) in [5.41, 5.74) is 7.71. The van der Waals surface area contributed by atoms with E-state index in [-0.39, 0.29) is 5.82 Å². The van der Waals surface area contributed by atoms with Crippen molar-refractivity contribution >= 4 is 11.4 Å². The molecule has 1 aromatic carbocycles. The van der Waals surface area contributed by atoms with Gasteiger partial charge in [-0.1, -0.05) is 0 Å². The molecule has 11 heavy (non-hydrogen) atoms. The van der Waals surface area contributed by atoms with Crippen LogP contribution in [-0.2, 0) is 6.42 Å². The Hall–Kier alpha value is -1.25. The van der Waals surface area contributed by atoms with E-state index in [1.807, 2.05) is 0 Å². The van der Waals surface area contributed by atoms with E-state index in [1.165, 1.54) is 6.07 Å². The Labute approximate surface area is 64.2 Å². The van der Waals surface area contributed by atoms with Crippen LogP contribution in [0.2, 0.25) is 0 Å². The lowest BCUT2D eigenvalue weighted by Gasteiger charge is -2.02. The highest BCUT2D eigenvalue weighted by atomic mass is 19.1. The van der Waals surface area contributed by atoms with Crippen molar-refractivity contribution in [3.8, 4) is 0 Å². The number of nitrogens with two attached hydrogens (primary N) is 1. The number of hydrogen-bond donors (Lipinski definition) is 2. The van der Waals surface area contributed by atoms with Crippen LogP contribution in [0.4, 0.5) is 15.8 Å². The molecule has 0 saturated heterocycles. The van der Waals surface area contributed by atoms with Gasteiger partial charge in [0.05, 0.1) is 5.69 Å². The van der Waals surface area contributed by atoms with Crippen molar-refractivity contribution in [2.24, 2.45) is 0 Å². The molecular formula is C8H9FN2. The van der Waals surface area contributed by atoms with Gasteiger partial charge in [-0.05, 0) is 18.6 Å². The molecule has 0 radical (unpaired) electrons. The highest BCUT2D eigenvalue weighted by Crippen LogP contribution is 2.28. The van der Waals surface area contributed by atoms with Crippen LogP contribution in [0.25, 0.3) is 0 Å². The van der Waals surface area contributed by atoms with Gasteiger partial charge >= 0.3 is 0 Å². The zero-order valence-electron chi connectivity index (χ0n) is 6.02. The van der Waals surface area contributed by atoms with E-state index >= 15 is 0 Å². The average molecular weight is 152 g/mol. The van der Waals surface area contributed by atoms with Crippen LogP contribution in [0.5, 0.6) is 0 Å². The Morgan fingerprint density at radius 2 is 2.27 bits per heavy atom. The topological polar surface area (TPSA) is 38.0 Å². The summed E-state index contributed by atoms with van der Waals surface area (Å²) in [6, 6.07) is 3.13. The minimum atomic E-state index is -0.313. The molecule has 0 aliphatic carbocycles. The Morgan fingerprint density at radius 3 is 3.09 bits per heavy atom. The maximum Gasteiger partial charge on any atom is 0.146 e. The molecule has 2 rings (SSSR count). The summed E-state index contributed by atoms with van der Waals surface area (Å²) in [4.78, 5) is 0. The lowest BCUT2D eigenvalue weighted by atomic mass is 10.1. The number of rotatable bonds is 0. The van der Waals surface area contributed by atoms with Gasteiger partial charge < -0.3 is 11.1 Å². The summed E-state index contributed by atoms with van der Waals surface area (Å²) in [6.07, 6.45) is 0.832. The monoisotopic (exact) mass is 152 g/mol. The molecule has 58 valence electrons. The second-order valence-corrected chi connectivity index (χ2v) is 2.66. The second kappa shape index (κ2) is 2.12. The third-order valence-corrected chi connectivity index (χ3v) is 1.99. The number of nitrogens with one attached hydrogen (secondary N) is 1. The highest BCUT2D eigenvalue weighted by molar-refractivity contribution is 5.67. The molecule has 0 aromatic heterocycles. The largest absolute Gasteiger partial charge is 0.396 e. The van der Waals surface area contributed by atoms with E-state index in [2.05, 4.69) is 5.32 Å². The Kier molecular flexibility index (Phi) is 1.24. The minimum Gasteiger partial charge on any atom is -0.396 e. The summed E-state index contributed by atoms with van der Waals surface area (Å²) in [6.45, 7) is 0.864. The molecule has 0 saturated carbocycles. The molecule has 0 spiro atoms. The van der Waals surface area contributed by atoms with Crippen molar-refractivity contribution in [2.45, 2.75) is 6.42 Å². The molecule has 2 nitrogen and oxygen atoms in total. The molecule has 0 amide bonds. The van der Waals surface area contributed by atoms with Crippen LogP contribution in [0, 0.1) is 5.82 Å². The molecule has 0 atom stereocenters. The van der Waals surface area contributed by atoms with Gasteiger partial charge in [-0.25, -0.2) is 4.39 Å². The number of benzene rings is 1. The molecule has 1 heterocycles. The van der Waals surface area contributed by atoms with Crippen LogP contribution in [0.1, 0.15) is 5.56 Å². The van der Waals surface area contributed by atoms with Gasteiger partial charge in [-0.15, -0.1) is 0 Å². The first-order valence-electron chi connectivity index (χ1n) is 3.60. The summed E-state index contributed by atoms with van der Waals surface area (Å²) in [5, 5.41) is 3.12. The quantitative estimate of drug-likeness (QED) is 0.551. The van der Waals surface area contributed by atoms with Crippen molar-refractivity contribution in [1.29, 1.82) is 0 Å². The van der Waals surface area contributed by atoms with Crippen LogP contribution in [-0.4, -0.2) is 6.54 Å². The van der Waals surface area contributed by atoms with Crippen LogP contribution < -0.4 is 11.1 Å². The predicted molar refractivity (Wildman–Crippen MR) is 43.0 cm³/mol. The fourth-order valence-corrected chi connectivity index (χ4v) is 1.39. The van der Waals surface area contributed by atoms with Gasteiger partial charge in [0.1, 0.15) is 5.82 Å². The third-order valence-electron chi connectivity index (χ3n) is 1.99. The van der Waals surface area contributed by atoms with Gasteiger partial charge in [0.15, 0.2) is 0 Å². The van der Waals surface area contributed by atoms with Crippen molar-refractivity contribution in [3.05, 3.63) is 23.5 Å². The maximum atomic E-state index is 12.8. The number of halogens is 1. The number of anilines is 2. The Morgan fingerprint density at radius 1 is 1.45 bits per heavy atom. The highest BCUT2D eigenvalue weighted by Gasteiger charge is 2.14.